The highest BCUT2D eigenvalue weighted by atomic mass is 16.2. The van der Waals surface area contributed by atoms with Crippen molar-refractivity contribution in [1.29, 1.82) is 0 Å². The number of anilines is 1. The van der Waals surface area contributed by atoms with Gasteiger partial charge in [-0.3, -0.25) is 9.78 Å². The summed E-state index contributed by atoms with van der Waals surface area (Å²) in [6, 6.07) is 8.96. The molecular weight excluding hydrogens is 238 g/mol. The third-order valence-electron chi connectivity index (χ3n) is 3.46. The summed E-state index contributed by atoms with van der Waals surface area (Å²) in [6.45, 7) is 4.01. The molecule has 2 rings (SSSR count). The number of hydrogen-bond acceptors (Lipinski definition) is 3. The van der Waals surface area contributed by atoms with E-state index in [4.69, 9.17) is 5.73 Å². The Morgan fingerprint density at radius 2 is 2.16 bits per heavy atom. The summed E-state index contributed by atoms with van der Waals surface area (Å²) in [7, 11) is 0. The Morgan fingerprint density at radius 1 is 1.37 bits per heavy atom. The summed E-state index contributed by atoms with van der Waals surface area (Å²) in [5.41, 5.74) is 7.55. The number of hydrogen-bond donors (Lipinski definition) is 2. The van der Waals surface area contributed by atoms with Crippen molar-refractivity contribution in [3.63, 3.8) is 0 Å². The molecule has 1 amide bonds. The van der Waals surface area contributed by atoms with E-state index in [1.807, 2.05) is 44.2 Å². The summed E-state index contributed by atoms with van der Waals surface area (Å²) in [5.74, 6) is 0.0128. The van der Waals surface area contributed by atoms with Crippen molar-refractivity contribution in [1.82, 2.24) is 4.98 Å². The standard InChI is InChI=1S/C15H19N3O/c1-3-10(2)14(16)15(19)18-13-8-4-7-12-11(13)6-5-9-17-12/h4-10,14H,3,16H2,1-2H3,(H,18,19)/t10-,14-/m0/s1. The lowest BCUT2D eigenvalue weighted by atomic mass is 9.99. The van der Waals surface area contributed by atoms with E-state index in [0.717, 1.165) is 23.0 Å². The third-order valence-corrected chi connectivity index (χ3v) is 3.46. The van der Waals surface area contributed by atoms with Gasteiger partial charge in [-0.2, -0.15) is 0 Å². The van der Waals surface area contributed by atoms with Gasteiger partial charge in [0.1, 0.15) is 0 Å². The Balaban J connectivity index is 2.24. The molecule has 2 aromatic rings. The van der Waals surface area contributed by atoms with Crippen molar-refractivity contribution >= 4 is 22.5 Å². The van der Waals surface area contributed by atoms with Gasteiger partial charge in [0.25, 0.3) is 0 Å². The lowest BCUT2D eigenvalue weighted by Gasteiger charge is -2.18. The normalized spacial score (nSPS) is 14.1. The highest BCUT2D eigenvalue weighted by Crippen LogP contribution is 2.21. The summed E-state index contributed by atoms with van der Waals surface area (Å²) >= 11 is 0. The van der Waals surface area contributed by atoms with E-state index < -0.39 is 6.04 Å². The number of carbonyl (C=O) groups excluding carboxylic acids is 1. The highest BCUT2D eigenvalue weighted by Gasteiger charge is 2.19. The van der Waals surface area contributed by atoms with Gasteiger partial charge in [-0.1, -0.05) is 26.3 Å². The molecule has 0 saturated carbocycles. The number of rotatable bonds is 4. The van der Waals surface area contributed by atoms with Gasteiger partial charge in [0.2, 0.25) is 5.91 Å². The molecule has 2 atom stereocenters. The second kappa shape index (κ2) is 5.80. The maximum Gasteiger partial charge on any atom is 0.241 e. The van der Waals surface area contributed by atoms with E-state index in [-0.39, 0.29) is 11.8 Å². The molecule has 0 unspecified atom stereocenters. The SMILES string of the molecule is CC[C@H](C)[C@H](N)C(=O)Nc1cccc2ncccc12. The topological polar surface area (TPSA) is 68.0 Å². The first-order valence-electron chi connectivity index (χ1n) is 6.53. The summed E-state index contributed by atoms with van der Waals surface area (Å²) in [6.07, 6.45) is 2.62. The number of pyridine rings is 1. The van der Waals surface area contributed by atoms with Crippen molar-refractivity contribution in [2.75, 3.05) is 5.32 Å². The number of nitrogens with zero attached hydrogens (tertiary/aromatic N) is 1. The molecule has 0 aliphatic heterocycles. The fourth-order valence-corrected chi connectivity index (χ4v) is 1.94. The van der Waals surface area contributed by atoms with Crippen LogP contribution >= 0.6 is 0 Å². The van der Waals surface area contributed by atoms with Crippen molar-refractivity contribution in [3.8, 4) is 0 Å². The van der Waals surface area contributed by atoms with Crippen LogP contribution < -0.4 is 11.1 Å². The number of fused-ring (bicyclic) bond motifs is 1. The Kier molecular flexibility index (Phi) is 4.12. The number of amides is 1. The van der Waals surface area contributed by atoms with E-state index in [2.05, 4.69) is 10.3 Å². The predicted octanol–water partition coefficient (Wildman–Crippen LogP) is 2.55. The molecule has 1 aromatic heterocycles. The van der Waals surface area contributed by atoms with E-state index in [9.17, 15) is 4.79 Å². The maximum atomic E-state index is 12.1. The third kappa shape index (κ3) is 2.90. The number of aromatic nitrogens is 1. The van der Waals surface area contributed by atoms with Gasteiger partial charge in [0.05, 0.1) is 17.2 Å². The van der Waals surface area contributed by atoms with Crippen LogP contribution in [0.1, 0.15) is 20.3 Å². The molecule has 1 aromatic carbocycles. The Bertz CT molecular complexity index is 577. The average Bonchev–Trinajstić information content (AvgIpc) is 2.46. The first kappa shape index (κ1) is 13.5. The number of benzene rings is 1. The molecular formula is C15H19N3O. The van der Waals surface area contributed by atoms with Crippen LogP contribution in [-0.2, 0) is 4.79 Å². The lowest BCUT2D eigenvalue weighted by molar-refractivity contribution is -0.118. The fourth-order valence-electron chi connectivity index (χ4n) is 1.94. The molecule has 4 heteroatoms. The molecule has 0 aliphatic carbocycles. The van der Waals surface area contributed by atoms with E-state index in [1.165, 1.54) is 0 Å². The maximum absolute atomic E-state index is 12.1. The van der Waals surface area contributed by atoms with Gasteiger partial charge in [0, 0.05) is 11.6 Å². The van der Waals surface area contributed by atoms with Crippen molar-refractivity contribution in [3.05, 3.63) is 36.5 Å². The molecule has 19 heavy (non-hydrogen) atoms. The first-order valence-corrected chi connectivity index (χ1v) is 6.53. The van der Waals surface area contributed by atoms with Gasteiger partial charge in [-0.25, -0.2) is 0 Å². The van der Waals surface area contributed by atoms with Gasteiger partial charge < -0.3 is 11.1 Å². The summed E-state index contributed by atoms with van der Waals surface area (Å²) in [4.78, 5) is 16.4. The van der Waals surface area contributed by atoms with Crippen LogP contribution in [0.25, 0.3) is 10.9 Å². The van der Waals surface area contributed by atoms with E-state index in [1.54, 1.807) is 6.20 Å². The first-order chi connectivity index (χ1) is 9.13. The minimum Gasteiger partial charge on any atom is -0.324 e. The van der Waals surface area contributed by atoms with E-state index >= 15 is 0 Å². The lowest BCUT2D eigenvalue weighted by Crippen LogP contribution is -2.40. The Hall–Kier alpha value is -1.94. The number of nitrogens with two attached hydrogens (primary N) is 1. The monoisotopic (exact) mass is 257 g/mol. The zero-order valence-corrected chi connectivity index (χ0v) is 11.3. The van der Waals surface area contributed by atoms with Gasteiger partial charge >= 0.3 is 0 Å². The minimum atomic E-state index is -0.489. The van der Waals surface area contributed by atoms with Gasteiger partial charge in [0.15, 0.2) is 0 Å². The minimum absolute atomic E-state index is 0.147. The fraction of sp³-hybridized carbons (Fsp3) is 0.333. The molecule has 0 saturated heterocycles. The number of nitrogens with one attached hydrogen (secondary N) is 1. The molecule has 0 aliphatic rings. The molecule has 100 valence electrons. The van der Waals surface area contributed by atoms with Crippen LogP contribution in [-0.4, -0.2) is 16.9 Å². The van der Waals surface area contributed by atoms with Gasteiger partial charge in [-0.15, -0.1) is 0 Å². The second-order valence-electron chi connectivity index (χ2n) is 4.78. The molecule has 0 fully saturated rings. The average molecular weight is 257 g/mol. The smallest absolute Gasteiger partial charge is 0.241 e. The van der Waals surface area contributed by atoms with Crippen LogP contribution in [0.5, 0.6) is 0 Å². The molecule has 0 bridgehead atoms. The van der Waals surface area contributed by atoms with Crippen LogP contribution in [0.15, 0.2) is 36.5 Å². The zero-order valence-electron chi connectivity index (χ0n) is 11.3. The number of carbonyl (C=O) groups is 1. The largest absolute Gasteiger partial charge is 0.324 e. The predicted molar refractivity (Wildman–Crippen MR) is 77.8 cm³/mol. The molecule has 3 N–H and O–H groups in total. The van der Waals surface area contributed by atoms with Crippen LogP contribution in [0.3, 0.4) is 0 Å². The zero-order chi connectivity index (χ0) is 13.8. The summed E-state index contributed by atoms with van der Waals surface area (Å²) < 4.78 is 0. The van der Waals surface area contributed by atoms with Crippen molar-refractivity contribution in [2.45, 2.75) is 26.3 Å². The molecule has 1 heterocycles. The molecule has 0 radical (unpaired) electrons. The van der Waals surface area contributed by atoms with Crippen molar-refractivity contribution < 1.29 is 4.79 Å². The highest BCUT2D eigenvalue weighted by molar-refractivity contribution is 6.02. The van der Waals surface area contributed by atoms with Gasteiger partial charge in [-0.05, 0) is 30.2 Å². The Labute approximate surface area is 113 Å². The quantitative estimate of drug-likeness (QED) is 0.884. The van der Waals surface area contributed by atoms with E-state index in [0.29, 0.717) is 0 Å². The van der Waals surface area contributed by atoms with Crippen LogP contribution in [0.4, 0.5) is 5.69 Å². The molecule has 0 spiro atoms. The Morgan fingerprint density at radius 3 is 2.89 bits per heavy atom. The van der Waals surface area contributed by atoms with Crippen LogP contribution in [0, 0.1) is 5.92 Å². The summed E-state index contributed by atoms with van der Waals surface area (Å²) in [5, 5.41) is 3.82. The molecule has 4 nitrogen and oxygen atoms in total. The van der Waals surface area contributed by atoms with Crippen LogP contribution in [0.2, 0.25) is 0 Å². The van der Waals surface area contributed by atoms with Crippen molar-refractivity contribution in [2.24, 2.45) is 11.7 Å². The second-order valence-corrected chi connectivity index (χ2v) is 4.78.